The van der Waals surface area contributed by atoms with Gasteiger partial charge in [-0.05, 0) is 48.9 Å². The Kier molecular flexibility index (Phi) is 5.40. The number of benzene rings is 3. The van der Waals surface area contributed by atoms with E-state index in [0.29, 0.717) is 11.3 Å². The molecule has 2 heterocycles. The molecule has 0 saturated carbocycles. The molecule has 2 aliphatic heterocycles. The van der Waals surface area contributed by atoms with Crippen LogP contribution < -0.4 is 9.96 Å². The van der Waals surface area contributed by atoms with Crippen molar-refractivity contribution in [2.45, 2.75) is 19.1 Å². The minimum atomic E-state index is -0.937. The molecular weight excluding hydrogens is 420 g/mol. The van der Waals surface area contributed by atoms with Crippen molar-refractivity contribution in [1.29, 1.82) is 0 Å². The number of ether oxygens (including phenoxy) is 1. The third kappa shape index (κ3) is 3.56. The predicted octanol–water partition coefficient (Wildman–Crippen LogP) is 3.91. The number of rotatable bonds is 5. The van der Waals surface area contributed by atoms with Crippen molar-refractivity contribution in [2.24, 2.45) is 5.92 Å². The maximum Gasteiger partial charge on any atom is 0.338 e. The number of imide groups is 1. The first kappa shape index (κ1) is 20.9. The fourth-order valence-corrected chi connectivity index (χ4v) is 4.42. The molecule has 2 amide bonds. The summed E-state index contributed by atoms with van der Waals surface area (Å²) in [6.07, 6.45) is -0.937. The van der Waals surface area contributed by atoms with Crippen molar-refractivity contribution >= 4 is 29.2 Å². The summed E-state index contributed by atoms with van der Waals surface area (Å²) in [7, 11) is 0. The van der Waals surface area contributed by atoms with Gasteiger partial charge in [-0.1, -0.05) is 48.5 Å². The first-order chi connectivity index (χ1) is 16.1. The second-order valence-electron chi connectivity index (χ2n) is 7.85. The van der Waals surface area contributed by atoms with Crippen molar-refractivity contribution in [3.63, 3.8) is 0 Å². The highest BCUT2D eigenvalue weighted by Gasteiger charge is 2.60. The van der Waals surface area contributed by atoms with Gasteiger partial charge in [-0.2, -0.15) is 0 Å². The number of para-hydroxylation sites is 1. The zero-order chi connectivity index (χ0) is 22.9. The third-order valence-electron chi connectivity index (χ3n) is 5.90. The average molecular weight is 442 g/mol. The van der Waals surface area contributed by atoms with Gasteiger partial charge in [0.2, 0.25) is 5.91 Å². The quantitative estimate of drug-likeness (QED) is 0.441. The van der Waals surface area contributed by atoms with Crippen LogP contribution in [0.15, 0.2) is 84.9 Å². The number of hydroxylamine groups is 1. The van der Waals surface area contributed by atoms with Gasteiger partial charge in [-0.3, -0.25) is 14.4 Å². The highest BCUT2D eigenvalue weighted by atomic mass is 16.7. The van der Waals surface area contributed by atoms with Gasteiger partial charge < -0.3 is 4.74 Å². The summed E-state index contributed by atoms with van der Waals surface area (Å²) < 4.78 is 5.00. The Morgan fingerprint density at radius 3 is 2.12 bits per heavy atom. The third-order valence-corrected chi connectivity index (χ3v) is 5.90. The summed E-state index contributed by atoms with van der Waals surface area (Å²) in [6.45, 7) is 2.00. The Morgan fingerprint density at radius 2 is 1.48 bits per heavy atom. The van der Waals surface area contributed by atoms with Crippen LogP contribution in [0, 0.1) is 5.92 Å². The lowest BCUT2D eigenvalue weighted by molar-refractivity contribution is -0.126. The average Bonchev–Trinajstić information content (AvgIpc) is 3.36. The standard InChI is InChI=1S/C26H22N2O5/c1-2-32-26(31)18-13-15-19(16-14-18)27-24(29)21-22(17-9-5-3-6-10-17)28(33-23(21)25(27)30)20-11-7-4-8-12-20/h3-16,21-23H,2H2,1H3/t21-,22-,23+/m0/s1. The Morgan fingerprint density at radius 1 is 0.848 bits per heavy atom. The van der Waals surface area contributed by atoms with E-state index in [-0.39, 0.29) is 12.5 Å². The number of nitrogens with zero attached hydrogens (tertiary/aromatic N) is 2. The maximum absolute atomic E-state index is 13.6. The number of fused-ring (bicyclic) bond motifs is 1. The number of hydrogen-bond acceptors (Lipinski definition) is 6. The van der Waals surface area contributed by atoms with Crippen LogP contribution in [0.3, 0.4) is 0 Å². The van der Waals surface area contributed by atoms with Crippen LogP contribution in [0.4, 0.5) is 11.4 Å². The second-order valence-corrected chi connectivity index (χ2v) is 7.85. The molecule has 3 aromatic carbocycles. The summed E-state index contributed by atoms with van der Waals surface area (Å²) in [5.74, 6) is -1.91. The smallest absolute Gasteiger partial charge is 0.338 e. The number of esters is 1. The van der Waals surface area contributed by atoms with Crippen LogP contribution in [0.2, 0.25) is 0 Å². The first-order valence-electron chi connectivity index (χ1n) is 10.8. The van der Waals surface area contributed by atoms with E-state index in [1.54, 1.807) is 36.3 Å². The molecule has 0 spiro atoms. The van der Waals surface area contributed by atoms with Gasteiger partial charge in [0.05, 0.1) is 29.6 Å². The summed E-state index contributed by atoms with van der Waals surface area (Å²) in [6, 6.07) is 24.8. The second kappa shape index (κ2) is 8.52. The van der Waals surface area contributed by atoms with E-state index in [9.17, 15) is 14.4 Å². The van der Waals surface area contributed by atoms with E-state index in [2.05, 4.69) is 0 Å². The lowest BCUT2D eigenvalue weighted by atomic mass is 9.90. The fraction of sp³-hybridized carbons (Fsp3) is 0.192. The van der Waals surface area contributed by atoms with Gasteiger partial charge in [0, 0.05) is 0 Å². The van der Waals surface area contributed by atoms with Crippen molar-refractivity contribution in [1.82, 2.24) is 0 Å². The molecule has 0 bridgehead atoms. The topological polar surface area (TPSA) is 76.2 Å². The van der Waals surface area contributed by atoms with Crippen LogP contribution in [0.25, 0.3) is 0 Å². The van der Waals surface area contributed by atoms with Crippen LogP contribution in [0.1, 0.15) is 28.9 Å². The first-order valence-corrected chi connectivity index (χ1v) is 10.8. The zero-order valence-corrected chi connectivity index (χ0v) is 18.0. The van der Waals surface area contributed by atoms with Crippen LogP contribution in [-0.2, 0) is 19.2 Å². The minimum absolute atomic E-state index is 0.267. The molecule has 3 atom stereocenters. The van der Waals surface area contributed by atoms with Crippen LogP contribution >= 0.6 is 0 Å². The molecule has 0 radical (unpaired) electrons. The molecule has 0 aromatic heterocycles. The Hall–Kier alpha value is -3.97. The number of hydrogen-bond donors (Lipinski definition) is 0. The molecule has 5 rings (SSSR count). The molecule has 0 aliphatic carbocycles. The molecule has 7 nitrogen and oxygen atoms in total. The molecule has 0 N–H and O–H groups in total. The van der Waals surface area contributed by atoms with Crippen LogP contribution in [0.5, 0.6) is 0 Å². The highest BCUT2D eigenvalue weighted by molar-refractivity contribution is 6.24. The zero-order valence-electron chi connectivity index (χ0n) is 18.0. The minimum Gasteiger partial charge on any atom is -0.462 e. The molecule has 2 saturated heterocycles. The Bertz CT molecular complexity index is 1180. The maximum atomic E-state index is 13.6. The number of anilines is 2. The van der Waals surface area contributed by atoms with Gasteiger partial charge >= 0.3 is 5.97 Å². The van der Waals surface area contributed by atoms with Gasteiger partial charge in [0.25, 0.3) is 5.91 Å². The van der Waals surface area contributed by atoms with Crippen molar-refractivity contribution in [2.75, 3.05) is 16.6 Å². The van der Waals surface area contributed by atoms with Gasteiger partial charge in [-0.25, -0.2) is 14.8 Å². The molecule has 166 valence electrons. The molecule has 2 aliphatic rings. The van der Waals surface area contributed by atoms with E-state index >= 15 is 0 Å². The molecule has 7 heteroatoms. The fourth-order valence-electron chi connectivity index (χ4n) is 4.42. The molecule has 3 aromatic rings. The van der Waals surface area contributed by atoms with Crippen molar-refractivity contribution in [3.8, 4) is 0 Å². The number of carbonyl (C=O) groups is 3. The largest absolute Gasteiger partial charge is 0.462 e. The lowest BCUT2D eigenvalue weighted by Crippen LogP contribution is -2.37. The van der Waals surface area contributed by atoms with Crippen molar-refractivity contribution < 1.29 is 24.0 Å². The molecular formula is C26H22N2O5. The van der Waals surface area contributed by atoms with Gasteiger partial charge in [0.1, 0.15) is 5.92 Å². The van der Waals surface area contributed by atoms with E-state index in [1.807, 2.05) is 60.7 Å². The lowest BCUT2D eigenvalue weighted by Gasteiger charge is -2.28. The number of carbonyl (C=O) groups excluding carboxylic acids is 3. The summed E-state index contributed by atoms with van der Waals surface area (Å²) >= 11 is 0. The van der Waals surface area contributed by atoms with E-state index in [0.717, 1.165) is 16.2 Å². The van der Waals surface area contributed by atoms with E-state index in [1.165, 1.54) is 0 Å². The summed E-state index contributed by atoms with van der Waals surface area (Å²) in [4.78, 5) is 46.1. The highest BCUT2D eigenvalue weighted by Crippen LogP contribution is 2.47. The summed E-state index contributed by atoms with van der Waals surface area (Å²) in [5.41, 5.74) is 2.41. The SMILES string of the molecule is CCOC(=O)c1ccc(N2C(=O)[C@@H]3[C@@H](ON(c4ccccc4)[C@H]3c3ccccc3)C2=O)cc1. The molecule has 2 fully saturated rings. The molecule has 33 heavy (non-hydrogen) atoms. The van der Waals surface area contributed by atoms with Crippen LogP contribution in [-0.4, -0.2) is 30.5 Å². The van der Waals surface area contributed by atoms with E-state index in [4.69, 9.17) is 9.57 Å². The van der Waals surface area contributed by atoms with E-state index < -0.39 is 29.9 Å². The van der Waals surface area contributed by atoms with Crippen molar-refractivity contribution in [3.05, 3.63) is 96.1 Å². The Labute approximate surface area is 191 Å². The Balaban J connectivity index is 1.49. The summed E-state index contributed by atoms with van der Waals surface area (Å²) in [5, 5.41) is 1.67. The monoisotopic (exact) mass is 442 g/mol. The number of amides is 2. The normalized spacial score (nSPS) is 21.9. The predicted molar refractivity (Wildman–Crippen MR) is 121 cm³/mol. The molecule has 0 unspecified atom stereocenters. The van der Waals surface area contributed by atoms with Gasteiger partial charge in [-0.15, -0.1) is 0 Å². The van der Waals surface area contributed by atoms with Gasteiger partial charge in [0.15, 0.2) is 6.10 Å².